The van der Waals surface area contributed by atoms with Crippen molar-refractivity contribution < 1.29 is 14.3 Å². The number of ether oxygens (including phenoxy) is 1. The number of aryl methyl sites for hydroxylation is 1. The molecule has 1 fully saturated rings. The maximum atomic E-state index is 12.8. The summed E-state index contributed by atoms with van der Waals surface area (Å²) >= 11 is 1.51. The molecule has 0 saturated carbocycles. The first kappa shape index (κ1) is 23.9. The molecular formula is C26H30N4O3S. The number of carbonyl (C=O) groups excluding carboxylic acids is 2. The lowest BCUT2D eigenvalue weighted by atomic mass is 9.80. The first-order valence-corrected chi connectivity index (χ1v) is 12.2. The second-order valence-corrected chi connectivity index (χ2v) is 10.2. The number of pyridine rings is 1. The van der Waals surface area contributed by atoms with Crippen LogP contribution in [0.3, 0.4) is 0 Å². The van der Waals surface area contributed by atoms with Crippen LogP contribution in [-0.4, -0.2) is 46.4 Å². The molecule has 1 aliphatic heterocycles. The highest BCUT2D eigenvalue weighted by atomic mass is 32.1. The second kappa shape index (κ2) is 9.54. The molecule has 2 aromatic heterocycles. The average molecular weight is 479 g/mol. The highest BCUT2D eigenvalue weighted by Crippen LogP contribution is 2.36. The molecule has 0 bridgehead atoms. The van der Waals surface area contributed by atoms with Crippen LogP contribution in [0.15, 0.2) is 42.6 Å². The van der Waals surface area contributed by atoms with Gasteiger partial charge in [-0.15, -0.1) is 11.3 Å². The van der Waals surface area contributed by atoms with E-state index >= 15 is 0 Å². The molecule has 0 spiro atoms. The van der Waals surface area contributed by atoms with Crippen molar-refractivity contribution >= 4 is 23.2 Å². The maximum absolute atomic E-state index is 12.8. The summed E-state index contributed by atoms with van der Waals surface area (Å²) in [5, 5.41) is 0.736. The lowest BCUT2D eigenvalue weighted by Gasteiger charge is -2.25. The number of nitrogens with two attached hydrogens (primary N) is 1. The van der Waals surface area contributed by atoms with Crippen LogP contribution in [0.4, 0.5) is 0 Å². The van der Waals surface area contributed by atoms with E-state index in [0.29, 0.717) is 13.0 Å². The number of benzene rings is 1. The van der Waals surface area contributed by atoms with Crippen LogP contribution in [0.25, 0.3) is 10.4 Å². The molecule has 0 aliphatic carbocycles. The van der Waals surface area contributed by atoms with E-state index in [-0.39, 0.29) is 17.7 Å². The lowest BCUT2D eigenvalue weighted by Crippen LogP contribution is -2.44. The number of amides is 2. The Balaban J connectivity index is 1.57. The van der Waals surface area contributed by atoms with Crippen molar-refractivity contribution in [3.05, 3.63) is 64.6 Å². The Hall–Kier alpha value is -3.26. The quantitative estimate of drug-likeness (QED) is 0.556. The minimum absolute atomic E-state index is 0.0994. The van der Waals surface area contributed by atoms with Crippen molar-refractivity contribution in [3.63, 3.8) is 0 Å². The molecular weight excluding hydrogens is 448 g/mol. The largest absolute Gasteiger partial charge is 0.497 e. The minimum Gasteiger partial charge on any atom is -0.497 e. The Morgan fingerprint density at radius 1 is 1.24 bits per heavy atom. The molecule has 2 N–H and O–H groups in total. The topological polar surface area (TPSA) is 98.4 Å². The van der Waals surface area contributed by atoms with Crippen LogP contribution in [-0.2, 0) is 21.4 Å². The number of hydrogen-bond acceptors (Lipinski definition) is 6. The van der Waals surface area contributed by atoms with Crippen molar-refractivity contribution in [2.75, 3.05) is 13.7 Å². The van der Waals surface area contributed by atoms with E-state index in [1.54, 1.807) is 12.0 Å². The van der Waals surface area contributed by atoms with Crippen LogP contribution in [0.2, 0.25) is 0 Å². The van der Waals surface area contributed by atoms with E-state index < -0.39 is 11.9 Å². The fourth-order valence-corrected chi connectivity index (χ4v) is 5.51. The van der Waals surface area contributed by atoms with Gasteiger partial charge in [0.1, 0.15) is 16.8 Å². The number of methoxy groups -OCH3 is 1. The molecule has 0 radical (unpaired) electrons. The Bertz CT molecular complexity index is 1200. The molecule has 7 nitrogen and oxygen atoms in total. The summed E-state index contributed by atoms with van der Waals surface area (Å²) in [5.41, 5.74) is 9.15. The molecule has 1 aromatic carbocycles. The highest BCUT2D eigenvalue weighted by molar-refractivity contribution is 7.15. The molecule has 1 saturated heterocycles. The summed E-state index contributed by atoms with van der Waals surface area (Å²) in [4.78, 5) is 36.4. The molecule has 3 heterocycles. The average Bonchev–Trinajstić information content (AvgIpc) is 3.46. The van der Waals surface area contributed by atoms with E-state index in [9.17, 15) is 9.59 Å². The van der Waals surface area contributed by atoms with Gasteiger partial charge in [0.2, 0.25) is 11.8 Å². The number of thiazole rings is 1. The molecule has 2 amide bonds. The van der Waals surface area contributed by atoms with Crippen molar-refractivity contribution in [3.8, 4) is 16.2 Å². The zero-order valence-electron chi connectivity index (χ0n) is 20.0. The zero-order chi connectivity index (χ0) is 24.5. The number of nitrogens with zero attached hydrogens (tertiary/aromatic N) is 3. The van der Waals surface area contributed by atoms with Gasteiger partial charge in [-0.25, -0.2) is 4.98 Å². The van der Waals surface area contributed by atoms with E-state index in [1.807, 2.05) is 31.3 Å². The van der Waals surface area contributed by atoms with Gasteiger partial charge in [-0.3, -0.25) is 14.6 Å². The third-order valence-electron chi connectivity index (χ3n) is 6.52. The first-order chi connectivity index (χ1) is 16.2. The van der Waals surface area contributed by atoms with Gasteiger partial charge < -0.3 is 15.4 Å². The van der Waals surface area contributed by atoms with Crippen molar-refractivity contribution in [1.82, 2.24) is 14.9 Å². The number of rotatable bonds is 7. The fraction of sp³-hybridized carbons (Fsp3) is 0.385. The first-order valence-electron chi connectivity index (χ1n) is 11.4. The van der Waals surface area contributed by atoms with Crippen LogP contribution in [0.5, 0.6) is 5.75 Å². The van der Waals surface area contributed by atoms with E-state index in [4.69, 9.17) is 10.5 Å². The molecule has 8 heteroatoms. The van der Waals surface area contributed by atoms with Gasteiger partial charge in [-0.1, -0.05) is 26.0 Å². The molecule has 34 heavy (non-hydrogen) atoms. The normalized spacial score (nSPS) is 16.0. The molecule has 178 valence electrons. The fourth-order valence-electron chi connectivity index (χ4n) is 4.46. The predicted molar refractivity (Wildman–Crippen MR) is 133 cm³/mol. The van der Waals surface area contributed by atoms with Gasteiger partial charge in [-0.05, 0) is 55.2 Å². The summed E-state index contributed by atoms with van der Waals surface area (Å²) in [6, 6.07) is 11.6. The summed E-state index contributed by atoms with van der Waals surface area (Å²) in [5.74, 6) is 0.281. The number of aromatic nitrogens is 2. The summed E-state index contributed by atoms with van der Waals surface area (Å²) < 4.78 is 5.29. The van der Waals surface area contributed by atoms with Gasteiger partial charge in [0.25, 0.3) is 0 Å². The Labute approximate surface area is 204 Å². The van der Waals surface area contributed by atoms with Gasteiger partial charge in [-0.2, -0.15) is 0 Å². The van der Waals surface area contributed by atoms with Gasteiger partial charge in [0, 0.05) is 18.2 Å². The van der Waals surface area contributed by atoms with Gasteiger partial charge in [0.05, 0.1) is 29.8 Å². The zero-order valence-corrected chi connectivity index (χ0v) is 20.8. The van der Waals surface area contributed by atoms with Crippen molar-refractivity contribution in [2.45, 2.75) is 51.5 Å². The summed E-state index contributed by atoms with van der Waals surface area (Å²) in [7, 11) is 1.66. The van der Waals surface area contributed by atoms with Gasteiger partial charge in [0.15, 0.2) is 0 Å². The smallest absolute Gasteiger partial charge is 0.240 e. The number of hydrogen-bond donors (Lipinski definition) is 1. The van der Waals surface area contributed by atoms with Crippen LogP contribution in [0.1, 0.15) is 48.6 Å². The third kappa shape index (κ3) is 4.68. The van der Waals surface area contributed by atoms with Crippen LogP contribution in [0, 0.1) is 6.92 Å². The summed E-state index contributed by atoms with van der Waals surface area (Å²) in [6.45, 7) is 6.82. The Morgan fingerprint density at radius 3 is 2.65 bits per heavy atom. The standard InChI is InChI=1S/C26H30N4O3S/c1-16-24(34-22(29-16)15-23(31)30-13-5-6-20(30)25(27)32)17-11-12-28-21(14-17)26(2,3)18-7-9-19(33-4)10-8-18/h7-12,14,20H,5-6,13,15H2,1-4H3,(H2,27,32)/t20-/m0/s1. The summed E-state index contributed by atoms with van der Waals surface area (Å²) in [6.07, 6.45) is 3.42. The molecule has 1 atom stereocenters. The lowest BCUT2D eigenvalue weighted by molar-refractivity contribution is -0.136. The van der Waals surface area contributed by atoms with E-state index in [0.717, 1.165) is 44.6 Å². The number of carbonyl (C=O) groups is 2. The van der Waals surface area contributed by atoms with Crippen molar-refractivity contribution in [1.29, 1.82) is 0 Å². The van der Waals surface area contributed by atoms with E-state index in [2.05, 4.69) is 42.0 Å². The molecule has 3 aromatic rings. The number of primary amides is 1. The maximum Gasteiger partial charge on any atom is 0.240 e. The third-order valence-corrected chi connectivity index (χ3v) is 7.73. The minimum atomic E-state index is -0.504. The highest BCUT2D eigenvalue weighted by Gasteiger charge is 2.33. The van der Waals surface area contributed by atoms with Crippen molar-refractivity contribution in [2.24, 2.45) is 5.73 Å². The Kier molecular flexibility index (Phi) is 6.70. The van der Waals surface area contributed by atoms with Crippen LogP contribution < -0.4 is 10.5 Å². The molecule has 4 rings (SSSR count). The molecule has 0 unspecified atom stereocenters. The van der Waals surface area contributed by atoms with Gasteiger partial charge >= 0.3 is 0 Å². The Morgan fingerprint density at radius 2 is 1.97 bits per heavy atom. The van der Waals surface area contributed by atoms with Crippen LogP contribution >= 0.6 is 11.3 Å². The number of likely N-dealkylation sites (tertiary alicyclic amines) is 1. The second-order valence-electron chi connectivity index (χ2n) is 9.13. The van der Waals surface area contributed by atoms with E-state index in [1.165, 1.54) is 11.3 Å². The predicted octanol–water partition coefficient (Wildman–Crippen LogP) is 3.87. The molecule has 1 aliphatic rings. The SMILES string of the molecule is COc1ccc(C(C)(C)c2cc(-c3sc(CC(=O)N4CCC[C@H]4C(N)=O)nc3C)ccn2)cc1. The monoisotopic (exact) mass is 478 g/mol.